The van der Waals surface area contributed by atoms with E-state index in [1.807, 2.05) is 97.0 Å². The quantitative estimate of drug-likeness (QED) is 0.228. The predicted octanol–water partition coefficient (Wildman–Crippen LogP) is 8.84. The summed E-state index contributed by atoms with van der Waals surface area (Å²) in [5, 5.41) is 21.6. The molecule has 0 spiro atoms. The molecule has 0 fully saturated rings. The number of hydrogen-bond acceptors (Lipinski definition) is 6. The summed E-state index contributed by atoms with van der Waals surface area (Å²) in [5.74, 6) is 0.290. The van der Waals surface area contributed by atoms with Gasteiger partial charge in [-0.2, -0.15) is 0 Å². The fourth-order valence-corrected chi connectivity index (χ4v) is 4.55. The van der Waals surface area contributed by atoms with Crippen LogP contribution in [0.5, 0.6) is 11.5 Å². The van der Waals surface area contributed by atoms with E-state index in [9.17, 15) is 10.2 Å². The van der Waals surface area contributed by atoms with Gasteiger partial charge in [-0.25, -0.2) is 0 Å². The summed E-state index contributed by atoms with van der Waals surface area (Å²) in [6.07, 6.45) is 4.95. The number of hydrogen-bond donors (Lipinski definition) is 2. The molecule has 0 heterocycles. The van der Waals surface area contributed by atoms with Crippen molar-refractivity contribution in [2.24, 2.45) is 20.0 Å². The van der Waals surface area contributed by atoms with Gasteiger partial charge in [0, 0.05) is 35.3 Å². The van der Waals surface area contributed by atoms with Gasteiger partial charge < -0.3 is 10.2 Å². The van der Waals surface area contributed by atoms with Crippen LogP contribution in [0.15, 0.2) is 68.5 Å². The van der Waals surface area contributed by atoms with Crippen molar-refractivity contribution in [1.82, 2.24) is 0 Å². The minimum Gasteiger partial charge on any atom is -0.507 e. The lowest BCUT2D eigenvalue weighted by Crippen LogP contribution is -1.92. The number of rotatable bonds is 7. The first kappa shape index (κ1) is 29.2. The highest BCUT2D eigenvalue weighted by atomic mass is 16.3. The molecule has 0 saturated carbocycles. The van der Waals surface area contributed by atoms with Crippen molar-refractivity contribution in [2.45, 2.75) is 48.5 Å². The van der Waals surface area contributed by atoms with Gasteiger partial charge in [0.15, 0.2) is 0 Å². The molecule has 6 heteroatoms. The van der Waals surface area contributed by atoms with Crippen LogP contribution in [0.3, 0.4) is 0 Å². The standard InChI is InChI=1S/C35H36N4O2/c1-20-9-26(7)34(40)27(10-20)17-38-32-15-24(5)25(6)16-33(32)39-19-29-12-21(2)11-28(35(29)41)18-37-31-14-23(4)22(3)13-30(31)36-8/h9-19,40-41H,8H2,1-7H3. The van der Waals surface area contributed by atoms with E-state index in [1.165, 1.54) is 0 Å². The number of aryl methyl sites for hydroxylation is 7. The van der Waals surface area contributed by atoms with Gasteiger partial charge in [-0.1, -0.05) is 6.07 Å². The summed E-state index contributed by atoms with van der Waals surface area (Å²) >= 11 is 0. The molecular formula is C35H36N4O2. The lowest BCUT2D eigenvalue weighted by Gasteiger charge is -2.09. The third-order valence-corrected chi connectivity index (χ3v) is 7.17. The molecule has 0 saturated heterocycles. The molecule has 0 bridgehead atoms. The van der Waals surface area contributed by atoms with Crippen LogP contribution in [0, 0.1) is 48.5 Å². The summed E-state index contributed by atoms with van der Waals surface area (Å²) in [5.41, 5.74) is 11.7. The third-order valence-electron chi connectivity index (χ3n) is 7.17. The van der Waals surface area contributed by atoms with Gasteiger partial charge in [0.25, 0.3) is 0 Å². The van der Waals surface area contributed by atoms with Crippen LogP contribution in [-0.4, -0.2) is 35.6 Å². The second kappa shape index (κ2) is 12.1. The molecule has 4 aromatic rings. The highest BCUT2D eigenvalue weighted by molar-refractivity contribution is 5.95. The van der Waals surface area contributed by atoms with Crippen LogP contribution in [0.1, 0.15) is 55.6 Å². The van der Waals surface area contributed by atoms with E-state index in [1.54, 1.807) is 18.6 Å². The molecule has 41 heavy (non-hydrogen) atoms. The van der Waals surface area contributed by atoms with E-state index >= 15 is 0 Å². The average Bonchev–Trinajstić information content (AvgIpc) is 2.92. The van der Waals surface area contributed by atoms with Crippen LogP contribution in [-0.2, 0) is 0 Å². The maximum Gasteiger partial charge on any atom is 0.133 e. The summed E-state index contributed by atoms with van der Waals surface area (Å²) < 4.78 is 0. The molecule has 0 aliphatic heterocycles. The Morgan fingerprint density at radius 1 is 0.463 bits per heavy atom. The molecule has 0 aliphatic carbocycles. The minimum absolute atomic E-state index is 0.0779. The monoisotopic (exact) mass is 544 g/mol. The number of nitrogens with zero attached hydrogens (tertiary/aromatic N) is 4. The summed E-state index contributed by atoms with van der Waals surface area (Å²) in [4.78, 5) is 18.1. The molecule has 4 rings (SSSR count). The number of phenolic OH excluding ortho intramolecular Hbond substituents is 2. The Bertz CT molecular complexity index is 1750. The van der Waals surface area contributed by atoms with Crippen LogP contribution in [0.4, 0.5) is 22.7 Å². The minimum atomic E-state index is 0.0779. The Balaban J connectivity index is 1.71. The van der Waals surface area contributed by atoms with Crippen molar-refractivity contribution in [1.29, 1.82) is 0 Å². The first-order chi connectivity index (χ1) is 19.5. The summed E-state index contributed by atoms with van der Waals surface area (Å²) in [7, 11) is 0. The van der Waals surface area contributed by atoms with E-state index in [0.717, 1.165) is 38.9 Å². The largest absolute Gasteiger partial charge is 0.507 e. The molecule has 0 radical (unpaired) electrons. The van der Waals surface area contributed by atoms with Crippen molar-refractivity contribution in [2.75, 3.05) is 0 Å². The second-order valence-electron chi connectivity index (χ2n) is 10.6. The fraction of sp³-hybridized carbons (Fsp3) is 0.200. The molecule has 6 nitrogen and oxygen atoms in total. The average molecular weight is 545 g/mol. The Hall–Kier alpha value is -4.84. The summed E-state index contributed by atoms with van der Waals surface area (Å²) in [6, 6.07) is 15.4. The summed E-state index contributed by atoms with van der Waals surface area (Å²) in [6.45, 7) is 17.6. The van der Waals surface area contributed by atoms with Gasteiger partial charge in [0.2, 0.25) is 0 Å². The number of aliphatic imine (C=N–C) groups is 4. The zero-order valence-corrected chi connectivity index (χ0v) is 24.7. The van der Waals surface area contributed by atoms with Gasteiger partial charge in [0.05, 0.1) is 22.7 Å². The number of phenols is 2. The Kier molecular flexibility index (Phi) is 8.62. The maximum absolute atomic E-state index is 11.1. The van der Waals surface area contributed by atoms with E-state index < -0.39 is 0 Å². The highest BCUT2D eigenvalue weighted by Crippen LogP contribution is 2.34. The topological polar surface area (TPSA) is 89.9 Å². The smallest absolute Gasteiger partial charge is 0.133 e. The van der Waals surface area contributed by atoms with Gasteiger partial charge in [0.1, 0.15) is 11.5 Å². The predicted molar refractivity (Wildman–Crippen MR) is 173 cm³/mol. The number of benzene rings is 4. The van der Waals surface area contributed by atoms with Crippen molar-refractivity contribution in [3.05, 3.63) is 104 Å². The Morgan fingerprint density at radius 2 is 0.805 bits per heavy atom. The maximum atomic E-state index is 11.1. The zero-order valence-electron chi connectivity index (χ0n) is 24.7. The molecule has 0 unspecified atom stereocenters. The van der Waals surface area contributed by atoms with Crippen molar-refractivity contribution in [3.63, 3.8) is 0 Å². The van der Waals surface area contributed by atoms with Crippen molar-refractivity contribution in [3.8, 4) is 11.5 Å². The first-order valence-electron chi connectivity index (χ1n) is 13.4. The second-order valence-corrected chi connectivity index (χ2v) is 10.6. The van der Waals surface area contributed by atoms with Crippen LogP contribution >= 0.6 is 0 Å². The van der Waals surface area contributed by atoms with E-state index in [0.29, 0.717) is 39.4 Å². The van der Waals surface area contributed by atoms with Crippen molar-refractivity contribution < 1.29 is 10.2 Å². The molecule has 0 aliphatic rings. The van der Waals surface area contributed by atoms with Crippen LogP contribution in [0.2, 0.25) is 0 Å². The molecule has 0 atom stereocenters. The number of aromatic hydroxyl groups is 2. The lowest BCUT2D eigenvalue weighted by molar-refractivity contribution is 0.470. The zero-order chi connectivity index (χ0) is 29.8. The first-order valence-corrected chi connectivity index (χ1v) is 13.4. The molecular weight excluding hydrogens is 508 g/mol. The van der Waals surface area contributed by atoms with Gasteiger partial charge in [-0.15, -0.1) is 0 Å². The highest BCUT2D eigenvalue weighted by Gasteiger charge is 2.10. The molecule has 0 aromatic heterocycles. The molecule has 2 N–H and O–H groups in total. The van der Waals surface area contributed by atoms with Gasteiger partial charge >= 0.3 is 0 Å². The van der Waals surface area contributed by atoms with Crippen LogP contribution < -0.4 is 0 Å². The Labute approximate surface area is 242 Å². The molecule has 4 aromatic carbocycles. The lowest BCUT2D eigenvalue weighted by atomic mass is 10.0. The molecule has 0 amide bonds. The van der Waals surface area contributed by atoms with E-state index in [4.69, 9.17) is 4.99 Å². The SMILES string of the molecule is C=Nc1cc(C)c(C)cc1N=Cc1cc(C)cc(C=Nc2cc(C)c(C)cc2N=Cc2cc(C)cc(C)c2O)c1O. The van der Waals surface area contributed by atoms with Gasteiger partial charge in [-0.3, -0.25) is 20.0 Å². The van der Waals surface area contributed by atoms with Crippen LogP contribution in [0.25, 0.3) is 0 Å². The van der Waals surface area contributed by atoms with Crippen molar-refractivity contribution >= 4 is 48.1 Å². The van der Waals surface area contributed by atoms with Gasteiger partial charge in [-0.05, 0) is 137 Å². The molecule has 208 valence electrons. The van der Waals surface area contributed by atoms with E-state index in [2.05, 4.69) is 21.7 Å². The fourth-order valence-electron chi connectivity index (χ4n) is 4.55. The Morgan fingerprint density at radius 3 is 1.22 bits per heavy atom. The normalized spacial score (nSPS) is 11.8. The third kappa shape index (κ3) is 6.67. The van der Waals surface area contributed by atoms with E-state index in [-0.39, 0.29) is 11.5 Å².